The third-order valence-electron chi connectivity index (χ3n) is 4.00. The van der Waals surface area contributed by atoms with Crippen LogP contribution in [0.3, 0.4) is 0 Å². The van der Waals surface area contributed by atoms with E-state index in [4.69, 9.17) is 4.18 Å². The zero-order chi connectivity index (χ0) is 20.1. The van der Waals surface area contributed by atoms with Crippen LogP contribution >= 0.6 is 15.9 Å². The van der Waals surface area contributed by atoms with Crippen LogP contribution in [0.15, 0.2) is 57.9 Å². The van der Waals surface area contributed by atoms with Crippen LogP contribution in [-0.2, 0) is 20.7 Å². The highest BCUT2D eigenvalue weighted by Gasteiger charge is 2.30. The molecule has 5 heteroatoms. The largest absolute Gasteiger partial charge is 0.298 e. The van der Waals surface area contributed by atoms with Gasteiger partial charge in [0.05, 0.1) is 4.90 Å². The molecule has 0 bridgehead atoms. The van der Waals surface area contributed by atoms with Crippen LogP contribution < -0.4 is 0 Å². The Hall–Kier alpha value is -1.61. The topological polar surface area (TPSA) is 43.4 Å². The second-order valence-electron chi connectivity index (χ2n) is 7.56. The van der Waals surface area contributed by atoms with Gasteiger partial charge < -0.3 is 0 Å². The van der Waals surface area contributed by atoms with E-state index >= 15 is 0 Å². The summed E-state index contributed by atoms with van der Waals surface area (Å²) in [6.07, 6.45) is 0.734. The van der Waals surface area contributed by atoms with Crippen LogP contribution in [0.4, 0.5) is 0 Å². The molecule has 0 radical (unpaired) electrons. The number of benzene rings is 2. The highest BCUT2D eigenvalue weighted by molar-refractivity contribution is 9.10. The zero-order valence-electron chi connectivity index (χ0n) is 16.1. The third-order valence-corrected chi connectivity index (χ3v) is 5.83. The molecule has 0 amide bonds. The quantitative estimate of drug-likeness (QED) is 0.446. The van der Waals surface area contributed by atoms with E-state index in [-0.39, 0.29) is 4.90 Å². The minimum atomic E-state index is -3.86. The molecule has 0 aliphatic rings. The smallest absolute Gasteiger partial charge is 0.249 e. The van der Waals surface area contributed by atoms with Crippen molar-refractivity contribution in [2.75, 3.05) is 0 Å². The minimum absolute atomic E-state index is 0.152. The highest BCUT2D eigenvalue weighted by atomic mass is 79.9. The average Bonchev–Trinajstić information content (AvgIpc) is 2.58. The summed E-state index contributed by atoms with van der Waals surface area (Å²) in [5, 5.41) is 0. The summed E-state index contributed by atoms with van der Waals surface area (Å²) in [6.45, 7) is 7.68. The summed E-state index contributed by atoms with van der Waals surface area (Å²) in [6, 6.07) is 14.7. The molecule has 1 unspecified atom stereocenters. The molecule has 0 spiro atoms. The van der Waals surface area contributed by atoms with Crippen molar-refractivity contribution in [3.8, 4) is 11.8 Å². The molecule has 0 saturated carbocycles. The molecule has 0 aliphatic carbocycles. The number of aryl methyl sites for hydroxylation is 2. The zero-order valence-corrected chi connectivity index (χ0v) is 18.5. The first kappa shape index (κ1) is 21.7. The predicted octanol–water partition coefficient (Wildman–Crippen LogP) is 5.51. The van der Waals surface area contributed by atoms with E-state index < -0.39 is 21.6 Å². The molecular formula is C22H25BrO3S. The maximum Gasteiger partial charge on any atom is 0.298 e. The summed E-state index contributed by atoms with van der Waals surface area (Å²) < 4.78 is 31.7. The predicted molar refractivity (Wildman–Crippen MR) is 113 cm³/mol. The molecule has 1 atom stereocenters. The Labute approximate surface area is 171 Å². The SMILES string of the molecule is Cc1ccc(S(=O)(=O)OC(C#CCCc2ccc(Br)cc2)C(C)(C)C)cc1. The van der Waals surface area contributed by atoms with Crippen LogP contribution in [0.2, 0.25) is 0 Å². The van der Waals surface area contributed by atoms with Crippen molar-refractivity contribution >= 4 is 26.0 Å². The Morgan fingerprint density at radius 3 is 2.19 bits per heavy atom. The molecule has 3 nitrogen and oxygen atoms in total. The van der Waals surface area contributed by atoms with Crippen molar-refractivity contribution in [2.45, 2.75) is 51.5 Å². The van der Waals surface area contributed by atoms with Crippen LogP contribution in [0, 0.1) is 24.2 Å². The Balaban J connectivity index is 2.09. The number of halogens is 1. The molecule has 144 valence electrons. The average molecular weight is 449 g/mol. The van der Waals surface area contributed by atoms with Crippen molar-refractivity contribution in [2.24, 2.45) is 5.41 Å². The molecule has 0 aliphatic heterocycles. The highest BCUT2D eigenvalue weighted by Crippen LogP contribution is 2.26. The van der Waals surface area contributed by atoms with Crippen LogP contribution in [-0.4, -0.2) is 14.5 Å². The van der Waals surface area contributed by atoms with E-state index in [1.54, 1.807) is 24.3 Å². The van der Waals surface area contributed by atoms with Gasteiger partial charge in [-0.05, 0) is 43.2 Å². The summed E-state index contributed by atoms with van der Waals surface area (Å²) in [5.74, 6) is 6.11. The summed E-state index contributed by atoms with van der Waals surface area (Å²) in [5.41, 5.74) is 1.75. The normalized spacial score (nSPS) is 12.9. The first-order chi connectivity index (χ1) is 12.6. The molecule has 0 aromatic heterocycles. The number of hydrogen-bond acceptors (Lipinski definition) is 3. The fourth-order valence-corrected chi connectivity index (χ4v) is 3.73. The van der Waals surface area contributed by atoms with Crippen molar-refractivity contribution < 1.29 is 12.6 Å². The Morgan fingerprint density at radius 1 is 1.04 bits per heavy atom. The first-order valence-electron chi connectivity index (χ1n) is 8.81. The number of hydrogen-bond donors (Lipinski definition) is 0. The van der Waals surface area contributed by atoms with Gasteiger partial charge >= 0.3 is 0 Å². The van der Waals surface area contributed by atoms with E-state index in [0.717, 1.165) is 16.5 Å². The second kappa shape index (κ2) is 9.05. The summed E-state index contributed by atoms with van der Waals surface area (Å²) >= 11 is 3.42. The molecule has 2 rings (SSSR count). The van der Waals surface area contributed by atoms with E-state index in [2.05, 4.69) is 27.8 Å². The Morgan fingerprint density at radius 2 is 1.63 bits per heavy atom. The first-order valence-corrected chi connectivity index (χ1v) is 11.0. The van der Waals surface area contributed by atoms with Crippen LogP contribution in [0.1, 0.15) is 38.3 Å². The van der Waals surface area contributed by atoms with E-state index in [1.165, 1.54) is 5.56 Å². The molecule has 0 heterocycles. The molecule has 2 aromatic carbocycles. The third kappa shape index (κ3) is 6.80. The molecule has 0 fully saturated rings. The molecule has 0 saturated heterocycles. The molecular weight excluding hydrogens is 424 g/mol. The van der Waals surface area contributed by atoms with Gasteiger partial charge in [-0.3, -0.25) is 0 Å². The van der Waals surface area contributed by atoms with Gasteiger partial charge in [0.2, 0.25) is 0 Å². The van der Waals surface area contributed by atoms with Gasteiger partial charge in [-0.2, -0.15) is 8.42 Å². The van der Waals surface area contributed by atoms with E-state index in [1.807, 2.05) is 52.0 Å². The van der Waals surface area contributed by atoms with Crippen molar-refractivity contribution in [3.05, 3.63) is 64.1 Å². The maximum absolute atomic E-state index is 12.6. The lowest BCUT2D eigenvalue weighted by atomic mass is 9.89. The van der Waals surface area contributed by atoms with Crippen molar-refractivity contribution in [1.82, 2.24) is 0 Å². The Kier molecular flexibility index (Phi) is 7.27. The van der Waals surface area contributed by atoms with E-state index in [9.17, 15) is 8.42 Å². The Bertz CT molecular complexity index is 913. The van der Waals surface area contributed by atoms with Crippen molar-refractivity contribution in [1.29, 1.82) is 0 Å². The van der Waals surface area contributed by atoms with Gasteiger partial charge in [0.15, 0.2) is 0 Å². The fourth-order valence-electron chi connectivity index (χ4n) is 2.29. The molecule has 27 heavy (non-hydrogen) atoms. The van der Waals surface area contributed by atoms with Gasteiger partial charge in [-0.1, -0.05) is 72.5 Å². The minimum Gasteiger partial charge on any atom is -0.249 e. The summed E-state index contributed by atoms with van der Waals surface area (Å²) in [7, 11) is -3.86. The van der Waals surface area contributed by atoms with Gasteiger partial charge in [-0.25, -0.2) is 4.18 Å². The van der Waals surface area contributed by atoms with Crippen LogP contribution in [0.5, 0.6) is 0 Å². The lowest BCUT2D eigenvalue weighted by molar-refractivity contribution is 0.143. The van der Waals surface area contributed by atoms with Gasteiger partial charge in [0, 0.05) is 16.3 Å². The second-order valence-corrected chi connectivity index (χ2v) is 10.0. The molecule has 2 aromatic rings. The fraction of sp³-hybridized carbons (Fsp3) is 0.364. The van der Waals surface area contributed by atoms with Gasteiger partial charge in [0.1, 0.15) is 6.10 Å². The van der Waals surface area contributed by atoms with Gasteiger partial charge in [0.25, 0.3) is 10.1 Å². The van der Waals surface area contributed by atoms with Crippen molar-refractivity contribution in [3.63, 3.8) is 0 Å². The summed E-state index contributed by atoms with van der Waals surface area (Å²) in [4.78, 5) is 0.152. The monoisotopic (exact) mass is 448 g/mol. The maximum atomic E-state index is 12.6. The van der Waals surface area contributed by atoms with Gasteiger partial charge in [-0.15, -0.1) is 5.92 Å². The standard InChI is InChI=1S/C22H25BrO3S/c1-17-9-15-20(16-10-17)27(24,25)26-21(22(2,3)4)8-6-5-7-18-11-13-19(23)14-12-18/h9-16,21H,5,7H2,1-4H3. The number of rotatable bonds is 5. The van der Waals surface area contributed by atoms with Crippen LogP contribution in [0.25, 0.3) is 0 Å². The lowest BCUT2D eigenvalue weighted by Gasteiger charge is -2.25. The lowest BCUT2D eigenvalue weighted by Crippen LogP contribution is -2.30. The van der Waals surface area contributed by atoms with E-state index in [0.29, 0.717) is 6.42 Å². The molecule has 0 N–H and O–H groups in total.